The summed E-state index contributed by atoms with van der Waals surface area (Å²) in [5.41, 5.74) is 0.546. The van der Waals surface area contributed by atoms with Crippen molar-refractivity contribution in [2.24, 2.45) is 5.92 Å². The molecule has 0 spiro atoms. The van der Waals surface area contributed by atoms with Gasteiger partial charge in [0.05, 0.1) is 4.92 Å². The van der Waals surface area contributed by atoms with Crippen LogP contribution in [0.5, 0.6) is 0 Å². The third-order valence-corrected chi connectivity index (χ3v) is 4.29. The molecule has 1 fully saturated rings. The zero-order chi connectivity index (χ0) is 17.1. The smallest absolute Gasteiger partial charge is 0.270 e. The Morgan fingerprint density at radius 1 is 1.38 bits per heavy atom. The Labute approximate surface area is 139 Å². The van der Waals surface area contributed by atoms with Crippen molar-refractivity contribution in [1.29, 1.82) is 0 Å². The Balaban J connectivity index is 1.68. The second kappa shape index (κ2) is 6.77. The Hall–Kier alpha value is -2.77. The maximum absolute atomic E-state index is 12.3. The molecule has 0 aliphatic carbocycles. The summed E-state index contributed by atoms with van der Waals surface area (Å²) < 4.78 is 1.48. The third kappa shape index (κ3) is 3.58. The van der Waals surface area contributed by atoms with Crippen molar-refractivity contribution >= 4 is 11.6 Å². The Kier molecular flexibility index (Phi) is 4.54. The fraction of sp³-hybridized carbons (Fsp3) is 0.438. The maximum Gasteiger partial charge on any atom is 0.270 e. The molecule has 3 rings (SSSR count). The number of carbonyl (C=O) groups excluding carboxylic acids is 1. The third-order valence-electron chi connectivity index (χ3n) is 4.29. The topological polar surface area (TPSA) is 94.2 Å². The molecule has 0 unspecified atom stereocenters. The first-order valence-electron chi connectivity index (χ1n) is 7.95. The minimum atomic E-state index is -0.457. The number of likely N-dealkylation sites (tertiary alicyclic amines) is 1. The van der Waals surface area contributed by atoms with Crippen molar-refractivity contribution in [3.63, 3.8) is 0 Å². The van der Waals surface area contributed by atoms with Crippen LogP contribution in [-0.2, 0) is 11.3 Å². The maximum atomic E-state index is 12.3. The molecule has 0 radical (unpaired) electrons. The molecule has 1 aromatic heterocycles. The van der Waals surface area contributed by atoms with Gasteiger partial charge in [0.25, 0.3) is 5.69 Å². The highest BCUT2D eigenvalue weighted by atomic mass is 16.6. The first kappa shape index (κ1) is 16.1. The van der Waals surface area contributed by atoms with Crippen LogP contribution in [0.1, 0.15) is 19.8 Å². The number of nitrogens with zero attached hydrogens (tertiary/aromatic N) is 5. The molecule has 1 amide bonds. The molecule has 8 nitrogen and oxygen atoms in total. The van der Waals surface area contributed by atoms with E-state index >= 15 is 0 Å². The van der Waals surface area contributed by atoms with E-state index in [0.29, 0.717) is 17.3 Å². The molecule has 0 N–H and O–H groups in total. The van der Waals surface area contributed by atoms with Crippen LogP contribution in [0.15, 0.2) is 30.6 Å². The van der Waals surface area contributed by atoms with E-state index in [0.717, 1.165) is 25.9 Å². The molecular formula is C16H19N5O3. The van der Waals surface area contributed by atoms with Gasteiger partial charge in [-0.05, 0) is 18.8 Å². The molecule has 0 atom stereocenters. The summed E-state index contributed by atoms with van der Waals surface area (Å²) in [6.07, 6.45) is 3.54. The molecule has 0 saturated carbocycles. The number of amides is 1. The zero-order valence-electron chi connectivity index (χ0n) is 13.5. The van der Waals surface area contributed by atoms with Gasteiger partial charge >= 0.3 is 0 Å². The van der Waals surface area contributed by atoms with E-state index in [2.05, 4.69) is 17.0 Å². The number of non-ortho nitro benzene ring substituents is 1. The second-order valence-corrected chi connectivity index (χ2v) is 6.14. The SMILES string of the molecule is CC1CCN(C(=O)Cn2cnc(-c3cccc([N+](=O)[O-])c3)n2)CC1. The van der Waals surface area contributed by atoms with Gasteiger partial charge in [-0.3, -0.25) is 14.9 Å². The molecule has 1 aliphatic heterocycles. The summed E-state index contributed by atoms with van der Waals surface area (Å²) in [6.45, 7) is 3.90. The lowest BCUT2D eigenvalue weighted by atomic mass is 9.99. The van der Waals surface area contributed by atoms with E-state index in [4.69, 9.17) is 0 Å². The van der Waals surface area contributed by atoms with Gasteiger partial charge in [0.1, 0.15) is 12.9 Å². The molecule has 2 aromatic rings. The first-order chi connectivity index (χ1) is 11.5. The summed E-state index contributed by atoms with van der Waals surface area (Å²) in [7, 11) is 0. The monoisotopic (exact) mass is 329 g/mol. The minimum absolute atomic E-state index is 0.0117. The van der Waals surface area contributed by atoms with Crippen LogP contribution in [0.3, 0.4) is 0 Å². The highest BCUT2D eigenvalue weighted by Gasteiger charge is 2.21. The molecule has 126 valence electrons. The van der Waals surface area contributed by atoms with Crippen molar-refractivity contribution in [3.8, 4) is 11.4 Å². The Morgan fingerprint density at radius 2 is 2.12 bits per heavy atom. The average molecular weight is 329 g/mol. The van der Waals surface area contributed by atoms with Gasteiger partial charge in [0.15, 0.2) is 5.82 Å². The Morgan fingerprint density at radius 3 is 2.83 bits per heavy atom. The van der Waals surface area contributed by atoms with Gasteiger partial charge in [-0.15, -0.1) is 0 Å². The summed E-state index contributed by atoms with van der Waals surface area (Å²) in [5.74, 6) is 1.07. The minimum Gasteiger partial charge on any atom is -0.341 e. The number of aromatic nitrogens is 3. The van der Waals surface area contributed by atoms with Gasteiger partial charge < -0.3 is 4.90 Å². The number of carbonyl (C=O) groups is 1. The molecule has 1 saturated heterocycles. The van der Waals surface area contributed by atoms with Crippen molar-refractivity contribution in [2.45, 2.75) is 26.3 Å². The van der Waals surface area contributed by atoms with E-state index in [1.807, 2.05) is 4.90 Å². The van der Waals surface area contributed by atoms with Crippen LogP contribution in [0.2, 0.25) is 0 Å². The standard InChI is InChI=1S/C16H19N5O3/c1-12-5-7-19(8-6-12)15(22)10-20-11-17-16(18-20)13-3-2-4-14(9-13)21(23)24/h2-4,9,11-12H,5-8,10H2,1H3. The fourth-order valence-corrected chi connectivity index (χ4v) is 2.76. The quantitative estimate of drug-likeness (QED) is 0.632. The van der Waals surface area contributed by atoms with Crippen molar-refractivity contribution < 1.29 is 9.72 Å². The first-order valence-corrected chi connectivity index (χ1v) is 7.95. The van der Waals surface area contributed by atoms with E-state index in [9.17, 15) is 14.9 Å². The van der Waals surface area contributed by atoms with Gasteiger partial charge in [0.2, 0.25) is 5.91 Å². The lowest BCUT2D eigenvalue weighted by Gasteiger charge is -2.30. The molecule has 8 heteroatoms. The van der Waals surface area contributed by atoms with Gasteiger partial charge in [-0.25, -0.2) is 9.67 Å². The summed E-state index contributed by atoms with van der Waals surface area (Å²) >= 11 is 0. The molecule has 0 bridgehead atoms. The van der Waals surface area contributed by atoms with E-state index < -0.39 is 4.92 Å². The number of benzene rings is 1. The highest BCUT2D eigenvalue weighted by molar-refractivity contribution is 5.76. The summed E-state index contributed by atoms with van der Waals surface area (Å²) in [5, 5.41) is 15.1. The van der Waals surface area contributed by atoms with Crippen LogP contribution in [0.25, 0.3) is 11.4 Å². The fourth-order valence-electron chi connectivity index (χ4n) is 2.76. The van der Waals surface area contributed by atoms with Crippen LogP contribution in [0, 0.1) is 16.0 Å². The van der Waals surface area contributed by atoms with Crippen LogP contribution in [-0.4, -0.2) is 43.6 Å². The van der Waals surface area contributed by atoms with Crippen LogP contribution < -0.4 is 0 Å². The number of hydrogen-bond donors (Lipinski definition) is 0. The van der Waals surface area contributed by atoms with E-state index in [-0.39, 0.29) is 18.1 Å². The number of rotatable bonds is 4. The highest BCUT2D eigenvalue weighted by Crippen LogP contribution is 2.20. The molecule has 1 aromatic carbocycles. The lowest BCUT2D eigenvalue weighted by Crippen LogP contribution is -2.39. The molecular weight excluding hydrogens is 310 g/mol. The van der Waals surface area contributed by atoms with E-state index in [1.54, 1.807) is 12.1 Å². The number of nitro benzene ring substituents is 1. The van der Waals surface area contributed by atoms with Crippen molar-refractivity contribution in [2.75, 3.05) is 13.1 Å². The number of nitro groups is 1. The van der Waals surface area contributed by atoms with Gasteiger partial charge in [-0.1, -0.05) is 19.1 Å². The largest absolute Gasteiger partial charge is 0.341 e. The molecule has 24 heavy (non-hydrogen) atoms. The number of piperidine rings is 1. The van der Waals surface area contributed by atoms with Crippen molar-refractivity contribution in [1.82, 2.24) is 19.7 Å². The normalized spacial score (nSPS) is 15.5. The second-order valence-electron chi connectivity index (χ2n) is 6.14. The number of hydrogen-bond acceptors (Lipinski definition) is 5. The van der Waals surface area contributed by atoms with Crippen LogP contribution in [0.4, 0.5) is 5.69 Å². The van der Waals surface area contributed by atoms with Crippen LogP contribution >= 0.6 is 0 Å². The van der Waals surface area contributed by atoms with Gasteiger partial charge in [-0.2, -0.15) is 5.10 Å². The zero-order valence-corrected chi connectivity index (χ0v) is 13.5. The predicted octanol–water partition coefficient (Wildman–Crippen LogP) is 2.11. The molecule has 2 heterocycles. The summed E-state index contributed by atoms with van der Waals surface area (Å²) in [6, 6.07) is 6.14. The lowest BCUT2D eigenvalue weighted by molar-refractivity contribution is -0.384. The average Bonchev–Trinajstić information content (AvgIpc) is 3.04. The van der Waals surface area contributed by atoms with Crippen molar-refractivity contribution in [3.05, 3.63) is 40.7 Å². The summed E-state index contributed by atoms with van der Waals surface area (Å²) in [4.78, 5) is 28.7. The molecule has 1 aliphatic rings. The van der Waals surface area contributed by atoms with Gasteiger partial charge in [0, 0.05) is 30.8 Å². The Bertz CT molecular complexity index is 750. The predicted molar refractivity (Wildman–Crippen MR) is 87.1 cm³/mol. The van der Waals surface area contributed by atoms with E-state index in [1.165, 1.54) is 23.1 Å².